The van der Waals surface area contributed by atoms with Crippen molar-refractivity contribution in [3.63, 3.8) is 0 Å². The Balaban J connectivity index is 0.000000159. The van der Waals surface area contributed by atoms with E-state index >= 15 is 0 Å². The second-order valence-corrected chi connectivity index (χ2v) is 4.32. The molecule has 21 heavy (non-hydrogen) atoms. The molecule has 1 heterocycles. The van der Waals surface area contributed by atoms with Gasteiger partial charge in [-0.25, -0.2) is 0 Å². The predicted octanol–water partition coefficient (Wildman–Crippen LogP) is 4.95. The number of aromatic amines is 1. The number of nitrogens with one attached hydrogen (secondary N) is 1. The van der Waals surface area contributed by atoms with Crippen molar-refractivity contribution in [2.45, 2.75) is 0 Å². The third-order valence-corrected chi connectivity index (χ3v) is 2.83. The zero-order valence-electron chi connectivity index (χ0n) is 11.6. The molecule has 0 atom stereocenters. The summed E-state index contributed by atoms with van der Waals surface area (Å²) in [6.07, 6.45) is 8.91. The van der Waals surface area contributed by atoms with Crippen LogP contribution in [0.3, 0.4) is 0 Å². The van der Waals surface area contributed by atoms with Crippen LogP contribution in [0.15, 0.2) is 85.1 Å². The van der Waals surface area contributed by atoms with Crippen LogP contribution >= 0.6 is 0 Å². The number of benzene rings is 2. The second-order valence-electron chi connectivity index (χ2n) is 4.32. The second kappa shape index (κ2) is 8.19. The molecule has 0 radical (unpaired) electrons. The van der Waals surface area contributed by atoms with E-state index in [2.05, 4.69) is 23.2 Å². The van der Waals surface area contributed by atoms with Gasteiger partial charge in [-0.3, -0.25) is 0 Å². The van der Waals surface area contributed by atoms with Gasteiger partial charge in [0.1, 0.15) is 0 Å². The molecule has 0 amide bonds. The molecule has 0 bridgehead atoms. The molecule has 0 unspecified atom stereocenters. The van der Waals surface area contributed by atoms with E-state index in [1.54, 1.807) is 6.08 Å². The van der Waals surface area contributed by atoms with Crippen LogP contribution in [-0.4, -0.2) is 4.98 Å². The number of nitrogens with zero attached hydrogens (tertiary/aromatic N) is 1. The van der Waals surface area contributed by atoms with Gasteiger partial charge in [-0.2, -0.15) is 5.26 Å². The topological polar surface area (TPSA) is 39.6 Å². The highest BCUT2D eigenvalue weighted by Crippen LogP contribution is 2.09. The molecule has 0 aliphatic carbocycles. The Hall–Kier alpha value is -3.05. The molecular weight excluding hydrogens is 256 g/mol. The average molecular weight is 272 g/mol. The van der Waals surface area contributed by atoms with Crippen molar-refractivity contribution in [3.05, 3.63) is 90.7 Å². The summed E-state index contributed by atoms with van der Waals surface area (Å²) in [5.74, 6) is 0. The van der Waals surface area contributed by atoms with Crippen LogP contribution in [0.4, 0.5) is 0 Å². The molecule has 0 spiro atoms. The summed E-state index contributed by atoms with van der Waals surface area (Å²) in [7, 11) is 0. The van der Waals surface area contributed by atoms with Crippen LogP contribution in [0.5, 0.6) is 0 Å². The summed E-state index contributed by atoms with van der Waals surface area (Å²) < 4.78 is 0. The molecule has 2 heteroatoms. The Morgan fingerprint density at radius 3 is 2.38 bits per heavy atom. The summed E-state index contributed by atoms with van der Waals surface area (Å²) in [5.41, 5.74) is 2.34. The monoisotopic (exact) mass is 272 g/mol. The minimum Gasteiger partial charge on any atom is -0.361 e. The summed E-state index contributed by atoms with van der Waals surface area (Å²) in [6.45, 7) is 0. The fraction of sp³-hybridized carbons (Fsp3) is 0. The standard InChI is InChI=1S/C11H9N.C8H7N/c12-10-6-2-5-9-11-7-3-1-4-8-11;1-2-4-8-7(3-1)5-6-9-8/h1-9H;1-6,9H. The Morgan fingerprint density at radius 2 is 1.62 bits per heavy atom. The highest BCUT2D eigenvalue weighted by molar-refractivity contribution is 5.78. The fourth-order valence-electron chi connectivity index (χ4n) is 1.82. The van der Waals surface area contributed by atoms with Gasteiger partial charge in [-0.15, -0.1) is 0 Å². The molecule has 1 N–H and O–H groups in total. The van der Waals surface area contributed by atoms with Crippen LogP contribution in [0.2, 0.25) is 0 Å². The number of fused-ring (bicyclic) bond motifs is 1. The van der Waals surface area contributed by atoms with E-state index in [9.17, 15) is 0 Å². The lowest BCUT2D eigenvalue weighted by molar-refractivity contribution is 1.48. The highest BCUT2D eigenvalue weighted by Gasteiger charge is 1.86. The van der Waals surface area contributed by atoms with E-state index in [0.29, 0.717) is 0 Å². The number of H-pyrrole nitrogens is 1. The van der Waals surface area contributed by atoms with Gasteiger partial charge in [-0.1, -0.05) is 66.8 Å². The molecule has 102 valence electrons. The van der Waals surface area contributed by atoms with E-state index in [-0.39, 0.29) is 0 Å². The molecule has 2 nitrogen and oxygen atoms in total. The molecule has 0 fully saturated rings. The van der Waals surface area contributed by atoms with Crippen molar-refractivity contribution in [1.29, 1.82) is 5.26 Å². The van der Waals surface area contributed by atoms with Gasteiger partial charge in [0.25, 0.3) is 0 Å². The summed E-state index contributed by atoms with van der Waals surface area (Å²) in [6, 6.07) is 22.2. The van der Waals surface area contributed by atoms with Crippen LogP contribution in [0.1, 0.15) is 5.56 Å². The number of nitriles is 1. The average Bonchev–Trinajstić information content (AvgIpc) is 3.02. The van der Waals surface area contributed by atoms with Crippen LogP contribution < -0.4 is 0 Å². The zero-order chi connectivity index (χ0) is 14.8. The summed E-state index contributed by atoms with van der Waals surface area (Å²) in [4.78, 5) is 3.12. The molecule has 2 aromatic carbocycles. The largest absolute Gasteiger partial charge is 0.361 e. The number of para-hydroxylation sites is 1. The van der Waals surface area contributed by atoms with Gasteiger partial charge >= 0.3 is 0 Å². The molecule has 0 saturated heterocycles. The number of allylic oxidation sites excluding steroid dienone is 3. The summed E-state index contributed by atoms with van der Waals surface area (Å²) in [5, 5.41) is 9.47. The smallest absolute Gasteiger partial charge is 0.0912 e. The Bertz CT molecular complexity index is 729. The van der Waals surface area contributed by atoms with Crippen molar-refractivity contribution in [1.82, 2.24) is 4.98 Å². The fourth-order valence-corrected chi connectivity index (χ4v) is 1.82. The van der Waals surface area contributed by atoms with Gasteiger partial charge in [-0.05, 0) is 23.1 Å². The molecule has 0 saturated carbocycles. The first-order valence-corrected chi connectivity index (χ1v) is 6.70. The van der Waals surface area contributed by atoms with Gasteiger partial charge in [0, 0.05) is 17.8 Å². The van der Waals surface area contributed by atoms with E-state index in [1.165, 1.54) is 17.0 Å². The van der Waals surface area contributed by atoms with Gasteiger partial charge in [0.2, 0.25) is 0 Å². The first-order valence-electron chi connectivity index (χ1n) is 6.70. The van der Waals surface area contributed by atoms with Crippen LogP contribution in [0, 0.1) is 11.3 Å². The maximum Gasteiger partial charge on any atom is 0.0912 e. The number of rotatable bonds is 2. The van der Waals surface area contributed by atoms with Gasteiger partial charge in [0.15, 0.2) is 0 Å². The van der Waals surface area contributed by atoms with Crippen LogP contribution in [0.25, 0.3) is 17.0 Å². The lowest BCUT2D eigenvalue weighted by atomic mass is 10.2. The minimum absolute atomic E-state index is 1.14. The third-order valence-electron chi connectivity index (χ3n) is 2.83. The first kappa shape index (κ1) is 14.4. The maximum absolute atomic E-state index is 8.19. The quantitative estimate of drug-likeness (QED) is 0.520. The number of hydrogen-bond donors (Lipinski definition) is 1. The van der Waals surface area contributed by atoms with E-state index in [0.717, 1.165) is 5.56 Å². The molecule has 3 aromatic rings. The van der Waals surface area contributed by atoms with Crippen LogP contribution in [-0.2, 0) is 0 Å². The normalized spacial score (nSPS) is 10.4. The maximum atomic E-state index is 8.19. The molecular formula is C19H16N2. The summed E-state index contributed by atoms with van der Waals surface area (Å²) >= 11 is 0. The van der Waals surface area contributed by atoms with Crippen molar-refractivity contribution < 1.29 is 0 Å². The Labute approximate surface area is 124 Å². The van der Waals surface area contributed by atoms with Crippen molar-refractivity contribution in [2.24, 2.45) is 0 Å². The zero-order valence-corrected chi connectivity index (χ0v) is 11.6. The Morgan fingerprint density at radius 1 is 0.857 bits per heavy atom. The number of aromatic nitrogens is 1. The first-order chi connectivity index (χ1) is 10.4. The molecule has 1 aromatic heterocycles. The third kappa shape index (κ3) is 4.85. The minimum atomic E-state index is 1.14. The molecule has 3 rings (SSSR count). The van der Waals surface area contributed by atoms with Crippen molar-refractivity contribution in [3.8, 4) is 6.07 Å². The predicted molar refractivity (Wildman–Crippen MR) is 88.5 cm³/mol. The lowest BCUT2D eigenvalue weighted by Gasteiger charge is -1.87. The van der Waals surface area contributed by atoms with Crippen molar-refractivity contribution in [2.75, 3.05) is 0 Å². The number of hydrogen-bond acceptors (Lipinski definition) is 1. The van der Waals surface area contributed by atoms with Gasteiger partial charge < -0.3 is 4.98 Å². The molecule has 0 aliphatic heterocycles. The molecule has 0 aliphatic rings. The van der Waals surface area contributed by atoms with E-state index in [4.69, 9.17) is 5.26 Å². The highest BCUT2D eigenvalue weighted by atomic mass is 14.7. The van der Waals surface area contributed by atoms with Gasteiger partial charge in [0.05, 0.1) is 6.07 Å². The van der Waals surface area contributed by atoms with Crippen molar-refractivity contribution >= 4 is 17.0 Å². The lowest BCUT2D eigenvalue weighted by Crippen LogP contribution is -1.66. The van der Waals surface area contributed by atoms with E-state index < -0.39 is 0 Å². The SMILES string of the molecule is N#CC=CC=Cc1ccccc1.c1ccc2[nH]ccc2c1. The Kier molecular flexibility index (Phi) is 5.60. The van der Waals surface area contributed by atoms with E-state index in [1.807, 2.05) is 66.9 Å².